The van der Waals surface area contributed by atoms with E-state index in [4.69, 9.17) is 4.74 Å². The molecule has 0 saturated heterocycles. The van der Waals surface area contributed by atoms with Crippen LogP contribution in [-0.2, 0) is 27.7 Å². The van der Waals surface area contributed by atoms with Crippen molar-refractivity contribution in [3.8, 4) is 5.75 Å². The van der Waals surface area contributed by atoms with Crippen molar-refractivity contribution in [2.75, 3.05) is 12.4 Å². The van der Waals surface area contributed by atoms with E-state index in [-0.39, 0.29) is 16.5 Å². The predicted molar refractivity (Wildman–Crippen MR) is 111 cm³/mol. The molecule has 0 bridgehead atoms. The Morgan fingerprint density at radius 2 is 1.86 bits per heavy atom. The molecule has 2 aromatic rings. The van der Waals surface area contributed by atoms with E-state index in [2.05, 4.69) is 15.6 Å². The molecule has 3 rings (SSSR count). The maximum absolute atomic E-state index is 12.6. The summed E-state index contributed by atoms with van der Waals surface area (Å²) in [4.78, 5) is 27.4. The molecule has 1 aromatic carbocycles. The second-order valence-electron chi connectivity index (χ2n) is 6.72. The molecule has 0 atom stereocenters. The van der Waals surface area contributed by atoms with Crippen molar-refractivity contribution in [1.29, 1.82) is 0 Å². The molecule has 1 aliphatic rings. The van der Waals surface area contributed by atoms with Gasteiger partial charge in [0.25, 0.3) is 15.9 Å². The summed E-state index contributed by atoms with van der Waals surface area (Å²) < 4.78 is 30.3. The highest BCUT2D eigenvalue weighted by Crippen LogP contribution is 2.29. The highest BCUT2D eigenvalue weighted by atomic mass is 32.2. The number of hydrogen-bond acceptors (Lipinski definition) is 6. The van der Waals surface area contributed by atoms with Gasteiger partial charge in [0.05, 0.1) is 22.6 Å². The third-order valence-electron chi connectivity index (χ3n) is 4.56. The summed E-state index contributed by atoms with van der Waals surface area (Å²) in [7, 11) is -2.63. The van der Waals surface area contributed by atoms with E-state index in [1.165, 1.54) is 60.4 Å². The molecule has 2 amide bonds. The van der Waals surface area contributed by atoms with Crippen LogP contribution >= 0.6 is 11.3 Å². The molecule has 0 spiro atoms. The minimum Gasteiger partial charge on any atom is -0.495 e. The van der Waals surface area contributed by atoms with Gasteiger partial charge in [0.2, 0.25) is 5.91 Å². The van der Waals surface area contributed by atoms with Crippen molar-refractivity contribution in [2.45, 2.75) is 43.9 Å². The van der Waals surface area contributed by atoms with Crippen LogP contribution in [0.2, 0.25) is 0 Å². The Morgan fingerprint density at radius 1 is 1.10 bits per heavy atom. The molecule has 1 heterocycles. The number of hydrazine groups is 1. The number of thiophene rings is 1. The zero-order valence-corrected chi connectivity index (χ0v) is 17.8. The van der Waals surface area contributed by atoms with Gasteiger partial charge in [0.15, 0.2) is 0 Å². The quantitative estimate of drug-likeness (QED) is 0.475. The zero-order chi connectivity index (χ0) is 21.0. The second-order valence-corrected chi connectivity index (χ2v) is 9.54. The van der Waals surface area contributed by atoms with Gasteiger partial charge < -0.3 is 10.1 Å². The Labute approximate surface area is 173 Å². The van der Waals surface area contributed by atoms with Gasteiger partial charge >= 0.3 is 0 Å². The van der Waals surface area contributed by atoms with Crippen LogP contribution in [0.3, 0.4) is 0 Å². The third kappa shape index (κ3) is 5.14. The average molecular weight is 438 g/mol. The first kappa shape index (κ1) is 21.3. The first-order chi connectivity index (χ1) is 13.8. The minimum atomic E-state index is -4.04. The van der Waals surface area contributed by atoms with Gasteiger partial charge in [0, 0.05) is 11.8 Å². The van der Waals surface area contributed by atoms with Crippen LogP contribution in [0, 0.1) is 0 Å². The van der Waals surface area contributed by atoms with Crippen molar-refractivity contribution in [3.05, 3.63) is 39.6 Å². The molecule has 156 valence electrons. The zero-order valence-electron chi connectivity index (χ0n) is 16.2. The van der Waals surface area contributed by atoms with Gasteiger partial charge in [-0.05, 0) is 55.5 Å². The fraction of sp³-hybridized carbons (Fsp3) is 0.368. The van der Waals surface area contributed by atoms with Crippen LogP contribution in [0.25, 0.3) is 0 Å². The Hall–Kier alpha value is -2.43. The Kier molecular flexibility index (Phi) is 6.56. The monoisotopic (exact) mass is 437 g/mol. The molecule has 0 aliphatic heterocycles. The smallest absolute Gasteiger partial charge is 0.276 e. The first-order valence-electron chi connectivity index (χ1n) is 9.19. The van der Waals surface area contributed by atoms with Gasteiger partial charge in [-0.25, -0.2) is 8.42 Å². The first-order valence-corrected chi connectivity index (χ1v) is 11.5. The number of amides is 2. The van der Waals surface area contributed by atoms with Crippen molar-refractivity contribution in [2.24, 2.45) is 0 Å². The molecule has 8 nitrogen and oxygen atoms in total. The molecule has 1 aliphatic carbocycles. The summed E-state index contributed by atoms with van der Waals surface area (Å²) in [6, 6.07) is 5.86. The lowest BCUT2D eigenvalue weighted by molar-refractivity contribution is -0.114. The van der Waals surface area contributed by atoms with E-state index in [9.17, 15) is 18.0 Å². The van der Waals surface area contributed by atoms with E-state index in [1.54, 1.807) is 0 Å². The number of carbonyl (C=O) groups is 2. The summed E-state index contributed by atoms with van der Waals surface area (Å²) in [5.74, 6) is -0.540. The molecule has 29 heavy (non-hydrogen) atoms. The van der Waals surface area contributed by atoms with Crippen LogP contribution in [0.1, 0.15) is 46.3 Å². The SMILES string of the molecule is COc1ccc(S(=O)(=O)NNC(=O)c2cc3c(s2)CCCCC3)cc1NC(C)=O. The fourth-order valence-corrected chi connectivity index (χ4v) is 5.17. The lowest BCUT2D eigenvalue weighted by atomic mass is 10.1. The Balaban J connectivity index is 1.72. The summed E-state index contributed by atoms with van der Waals surface area (Å²) in [6.45, 7) is 1.31. The lowest BCUT2D eigenvalue weighted by Gasteiger charge is -2.12. The topological polar surface area (TPSA) is 114 Å². The van der Waals surface area contributed by atoms with Gasteiger partial charge in [0.1, 0.15) is 5.75 Å². The average Bonchev–Trinajstić information content (AvgIpc) is 2.96. The summed E-state index contributed by atoms with van der Waals surface area (Å²) in [5.41, 5.74) is 3.66. The molecular formula is C19H23N3O5S2. The van der Waals surface area contributed by atoms with Gasteiger partial charge in [-0.3, -0.25) is 15.0 Å². The van der Waals surface area contributed by atoms with Gasteiger partial charge in [-0.1, -0.05) is 6.42 Å². The number of fused-ring (bicyclic) bond motifs is 1. The normalized spacial score (nSPS) is 13.9. The maximum Gasteiger partial charge on any atom is 0.276 e. The number of hydrogen-bond donors (Lipinski definition) is 3. The molecule has 0 fully saturated rings. The number of benzene rings is 1. The number of anilines is 1. The molecule has 0 unspecified atom stereocenters. The maximum atomic E-state index is 12.6. The number of carbonyl (C=O) groups excluding carboxylic acids is 2. The largest absolute Gasteiger partial charge is 0.495 e. The van der Waals surface area contributed by atoms with Gasteiger partial charge in [-0.2, -0.15) is 0 Å². The number of sulfonamides is 1. The Morgan fingerprint density at radius 3 is 2.59 bits per heavy atom. The molecular weight excluding hydrogens is 414 g/mol. The molecule has 1 aromatic heterocycles. The summed E-state index contributed by atoms with van der Waals surface area (Å²) in [6.07, 6.45) is 5.30. The van der Waals surface area contributed by atoms with Crippen LogP contribution in [0.5, 0.6) is 5.75 Å². The third-order valence-corrected chi connectivity index (χ3v) is 7.04. The van der Waals surface area contributed by atoms with Crippen molar-refractivity contribution < 1.29 is 22.7 Å². The van der Waals surface area contributed by atoms with Crippen molar-refractivity contribution >= 4 is 38.9 Å². The van der Waals surface area contributed by atoms with Crippen LogP contribution in [0.15, 0.2) is 29.2 Å². The summed E-state index contributed by atoms with van der Waals surface area (Å²) in [5, 5.41) is 2.52. The molecule has 0 saturated carbocycles. The predicted octanol–water partition coefficient (Wildman–Crippen LogP) is 2.61. The highest BCUT2D eigenvalue weighted by molar-refractivity contribution is 7.89. The Bertz CT molecular complexity index is 1010. The fourth-order valence-electron chi connectivity index (χ4n) is 3.15. The number of aryl methyl sites for hydroxylation is 2. The number of nitrogens with one attached hydrogen (secondary N) is 3. The molecule has 3 N–H and O–H groups in total. The lowest BCUT2D eigenvalue weighted by Crippen LogP contribution is -2.41. The van der Waals surface area contributed by atoms with Crippen LogP contribution in [-0.4, -0.2) is 27.3 Å². The number of methoxy groups -OCH3 is 1. The van der Waals surface area contributed by atoms with Gasteiger partial charge in [-0.15, -0.1) is 16.2 Å². The standard InChI is InChI=1S/C19H23N3O5S2/c1-12(23)20-15-11-14(8-9-16(15)27-2)29(25,26)22-21-19(24)18-10-13-6-4-3-5-7-17(13)28-18/h8-11,22H,3-7H2,1-2H3,(H,20,23)(H,21,24). The second kappa shape index (κ2) is 8.93. The summed E-state index contributed by atoms with van der Waals surface area (Å²) >= 11 is 1.41. The molecule has 10 heteroatoms. The van der Waals surface area contributed by atoms with E-state index in [0.717, 1.165) is 25.7 Å². The van der Waals surface area contributed by atoms with E-state index in [0.29, 0.717) is 10.6 Å². The van der Waals surface area contributed by atoms with E-state index >= 15 is 0 Å². The van der Waals surface area contributed by atoms with E-state index < -0.39 is 15.9 Å². The van der Waals surface area contributed by atoms with Crippen LogP contribution < -0.4 is 20.3 Å². The minimum absolute atomic E-state index is 0.121. The van der Waals surface area contributed by atoms with Crippen LogP contribution in [0.4, 0.5) is 5.69 Å². The number of ether oxygens (including phenoxy) is 1. The molecule has 0 radical (unpaired) electrons. The number of rotatable bonds is 6. The van der Waals surface area contributed by atoms with Crippen molar-refractivity contribution in [3.63, 3.8) is 0 Å². The van der Waals surface area contributed by atoms with E-state index in [1.807, 2.05) is 6.07 Å². The highest BCUT2D eigenvalue weighted by Gasteiger charge is 2.20. The van der Waals surface area contributed by atoms with Crippen molar-refractivity contribution in [1.82, 2.24) is 10.3 Å².